The van der Waals surface area contributed by atoms with Gasteiger partial charge in [0.25, 0.3) is 0 Å². The first kappa shape index (κ1) is 10.7. The molecule has 0 amide bonds. The molecule has 1 aliphatic rings. The molecule has 1 radical (unpaired) electrons. The van der Waals surface area contributed by atoms with Gasteiger partial charge in [-0.2, -0.15) is 0 Å². The summed E-state index contributed by atoms with van der Waals surface area (Å²) < 4.78 is 0. The predicted molar refractivity (Wildman–Crippen MR) is 55.4 cm³/mol. The van der Waals surface area contributed by atoms with E-state index in [0.717, 1.165) is 12.8 Å². The highest BCUT2D eigenvalue weighted by atomic mass is 16.1. The maximum absolute atomic E-state index is 10.6. The molecule has 1 rings (SSSR count). The third kappa shape index (κ3) is 5.07. The largest absolute Gasteiger partial charge is 0.291 e. The van der Waals surface area contributed by atoms with Gasteiger partial charge in [-0.15, -0.1) is 0 Å². The lowest BCUT2D eigenvalue weighted by atomic mass is 9.97. The molecule has 75 valence electrons. The Morgan fingerprint density at radius 1 is 0.692 bits per heavy atom. The van der Waals surface area contributed by atoms with Gasteiger partial charge in [-0.3, -0.25) is 4.79 Å². The quantitative estimate of drug-likeness (QED) is 0.603. The lowest BCUT2D eigenvalue weighted by Gasteiger charge is -2.07. The summed E-state index contributed by atoms with van der Waals surface area (Å²) in [6.07, 6.45) is 15.0. The molecule has 0 unspecified atom stereocenters. The van der Waals surface area contributed by atoms with Crippen LogP contribution in [0.4, 0.5) is 0 Å². The summed E-state index contributed by atoms with van der Waals surface area (Å²) in [5.74, 6) is 0.248. The fourth-order valence-electron chi connectivity index (χ4n) is 2.10. The van der Waals surface area contributed by atoms with Crippen molar-refractivity contribution in [3.63, 3.8) is 0 Å². The molecule has 1 aliphatic carbocycles. The zero-order valence-corrected chi connectivity index (χ0v) is 8.56. The van der Waals surface area contributed by atoms with Gasteiger partial charge in [0.1, 0.15) is 0 Å². The van der Waals surface area contributed by atoms with Crippen molar-refractivity contribution in [1.82, 2.24) is 0 Å². The van der Waals surface area contributed by atoms with E-state index in [9.17, 15) is 4.79 Å². The highest BCUT2D eigenvalue weighted by molar-refractivity contribution is 5.54. The Balaban J connectivity index is 2.22. The highest BCUT2D eigenvalue weighted by Gasteiger charge is 2.08. The average Bonchev–Trinajstić information content (AvgIpc) is 2.22. The van der Waals surface area contributed by atoms with Gasteiger partial charge in [0.05, 0.1) is 0 Å². The Bertz CT molecular complexity index is 119. The standard InChI is InChI=1S/C12H21O/c13-11-12-9-7-5-3-1-2-4-6-8-10-12/h12H,1-10H2. The van der Waals surface area contributed by atoms with Crippen LogP contribution in [0.1, 0.15) is 64.2 Å². The molecule has 0 spiro atoms. The summed E-state index contributed by atoms with van der Waals surface area (Å²) in [6.45, 7) is 0. The maximum atomic E-state index is 10.6. The molecule has 1 fully saturated rings. The van der Waals surface area contributed by atoms with Crippen LogP contribution in [0.2, 0.25) is 0 Å². The zero-order chi connectivity index (χ0) is 9.36. The Labute approximate surface area is 81.9 Å². The Morgan fingerprint density at radius 2 is 1.08 bits per heavy atom. The van der Waals surface area contributed by atoms with E-state index in [1.807, 2.05) is 0 Å². The van der Waals surface area contributed by atoms with Crippen LogP contribution in [-0.4, -0.2) is 6.29 Å². The van der Waals surface area contributed by atoms with Crippen molar-refractivity contribution in [3.05, 3.63) is 0 Å². The maximum Gasteiger partial charge on any atom is 0.201 e. The molecule has 13 heavy (non-hydrogen) atoms. The van der Waals surface area contributed by atoms with Crippen molar-refractivity contribution in [2.45, 2.75) is 64.2 Å². The van der Waals surface area contributed by atoms with Gasteiger partial charge in [0.15, 0.2) is 0 Å². The summed E-state index contributed by atoms with van der Waals surface area (Å²) in [7, 11) is 0. The van der Waals surface area contributed by atoms with Crippen LogP contribution in [0.15, 0.2) is 0 Å². The molecule has 0 atom stereocenters. The van der Waals surface area contributed by atoms with Crippen LogP contribution in [-0.2, 0) is 4.79 Å². The molecule has 0 saturated heterocycles. The minimum absolute atomic E-state index is 0.248. The molecule has 0 aromatic rings. The van der Waals surface area contributed by atoms with E-state index in [2.05, 4.69) is 6.29 Å². The highest BCUT2D eigenvalue weighted by Crippen LogP contribution is 2.19. The molecule has 0 aromatic carbocycles. The number of rotatable bonds is 1. The number of hydrogen-bond acceptors (Lipinski definition) is 1. The SMILES string of the molecule is O=[C]C1CCCCCCCCCC1. The van der Waals surface area contributed by atoms with Gasteiger partial charge < -0.3 is 0 Å². The van der Waals surface area contributed by atoms with Gasteiger partial charge >= 0.3 is 0 Å². The molecular weight excluding hydrogens is 160 g/mol. The van der Waals surface area contributed by atoms with Crippen LogP contribution < -0.4 is 0 Å². The van der Waals surface area contributed by atoms with E-state index < -0.39 is 0 Å². The van der Waals surface area contributed by atoms with Crippen molar-refractivity contribution in [2.75, 3.05) is 0 Å². The minimum Gasteiger partial charge on any atom is -0.291 e. The molecule has 0 aromatic heterocycles. The molecule has 0 bridgehead atoms. The van der Waals surface area contributed by atoms with E-state index in [0.29, 0.717) is 0 Å². The number of carbonyl (C=O) groups excluding carboxylic acids is 1. The molecule has 1 heteroatoms. The van der Waals surface area contributed by atoms with Gasteiger partial charge in [0, 0.05) is 5.92 Å². The first-order valence-corrected chi connectivity index (χ1v) is 5.81. The third-order valence-electron chi connectivity index (χ3n) is 3.02. The van der Waals surface area contributed by atoms with Crippen LogP contribution in [0.3, 0.4) is 0 Å². The predicted octanol–water partition coefficient (Wildman–Crippen LogP) is 3.63. The monoisotopic (exact) mass is 181 g/mol. The molecule has 1 nitrogen and oxygen atoms in total. The third-order valence-corrected chi connectivity index (χ3v) is 3.02. The van der Waals surface area contributed by atoms with Crippen molar-refractivity contribution >= 4 is 6.29 Å². The van der Waals surface area contributed by atoms with Crippen molar-refractivity contribution in [1.29, 1.82) is 0 Å². The molecule has 0 heterocycles. The Morgan fingerprint density at radius 3 is 1.46 bits per heavy atom. The number of hydrogen-bond donors (Lipinski definition) is 0. The second kappa shape index (κ2) is 7.11. The van der Waals surface area contributed by atoms with Crippen molar-refractivity contribution in [3.8, 4) is 0 Å². The smallest absolute Gasteiger partial charge is 0.201 e. The molecular formula is C12H21O. The van der Waals surface area contributed by atoms with E-state index >= 15 is 0 Å². The van der Waals surface area contributed by atoms with E-state index in [1.165, 1.54) is 51.4 Å². The lowest BCUT2D eigenvalue weighted by Crippen LogP contribution is -2.01. The van der Waals surface area contributed by atoms with Gasteiger partial charge in [-0.1, -0.05) is 51.4 Å². The van der Waals surface area contributed by atoms with Crippen molar-refractivity contribution < 1.29 is 4.79 Å². The summed E-state index contributed by atoms with van der Waals surface area (Å²) in [6, 6.07) is 0. The van der Waals surface area contributed by atoms with E-state index in [1.54, 1.807) is 0 Å². The van der Waals surface area contributed by atoms with Gasteiger partial charge in [-0.05, 0) is 12.8 Å². The summed E-state index contributed by atoms with van der Waals surface area (Å²) in [5, 5.41) is 0. The van der Waals surface area contributed by atoms with Crippen LogP contribution >= 0.6 is 0 Å². The van der Waals surface area contributed by atoms with Crippen LogP contribution in [0, 0.1) is 5.92 Å². The average molecular weight is 181 g/mol. The Kier molecular flexibility index (Phi) is 5.88. The summed E-state index contributed by atoms with van der Waals surface area (Å²) >= 11 is 0. The van der Waals surface area contributed by atoms with Gasteiger partial charge in [-0.25, -0.2) is 0 Å². The second-order valence-electron chi connectivity index (χ2n) is 4.22. The minimum atomic E-state index is 0.248. The second-order valence-corrected chi connectivity index (χ2v) is 4.22. The Hall–Kier alpha value is -0.330. The first-order valence-electron chi connectivity index (χ1n) is 5.81. The summed E-state index contributed by atoms with van der Waals surface area (Å²) in [5.41, 5.74) is 0. The fourth-order valence-corrected chi connectivity index (χ4v) is 2.10. The van der Waals surface area contributed by atoms with Gasteiger partial charge in [0.2, 0.25) is 6.29 Å². The van der Waals surface area contributed by atoms with Crippen LogP contribution in [0.5, 0.6) is 0 Å². The van der Waals surface area contributed by atoms with E-state index in [4.69, 9.17) is 0 Å². The molecule has 0 N–H and O–H groups in total. The van der Waals surface area contributed by atoms with E-state index in [-0.39, 0.29) is 5.92 Å². The molecule has 0 aliphatic heterocycles. The van der Waals surface area contributed by atoms with Crippen LogP contribution in [0.25, 0.3) is 0 Å². The first-order chi connectivity index (χ1) is 6.43. The zero-order valence-electron chi connectivity index (χ0n) is 8.56. The molecule has 1 saturated carbocycles. The van der Waals surface area contributed by atoms with Crippen molar-refractivity contribution in [2.24, 2.45) is 5.92 Å². The lowest BCUT2D eigenvalue weighted by molar-refractivity contribution is 0.464. The topological polar surface area (TPSA) is 17.1 Å². The fraction of sp³-hybridized carbons (Fsp3) is 0.917. The summed E-state index contributed by atoms with van der Waals surface area (Å²) in [4.78, 5) is 10.6. The normalized spacial score (nSPS) is 23.4.